The smallest absolute Gasteiger partial charge is 0.141 e. The van der Waals surface area contributed by atoms with E-state index in [2.05, 4.69) is 18.2 Å². The van der Waals surface area contributed by atoms with Gasteiger partial charge in [-0.15, -0.1) is 12.3 Å². The molecule has 1 unspecified atom stereocenters. The number of benzene rings is 1. The van der Waals surface area contributed by atoms with Crippen molar-refractivity contribution in [2.75, 3.05) is 6.54 Å². The molecule has 0 aliphatic heterocycles. The van der Waals surface area contributed by atoms with E-state index in [4.69, 9.17) is 18.0 Å². The summed E-state index contributed by atoms with van der Waals surface area (Å²) in [6, 6.07) is 4.96. The minimum atomic E-state index is -0.387. The molecule has 0 aliphatic rings. The highest BCUT2D eigenvalue weighted by Crippen LogP contribution is 2.23. The lowest BCUT2D eigenvalue weighted by Gasteiger charge is -2.18. The van der Waals surface area contributed by atoms with Crippen LogP contribution in [0.2, 0.25) is 5.02 Å². The zero-order valence-corrected chi connectivity index (χ0v) is 10.7. The van der Waals surface area contributed by atoms with Crippen LogP contribution in [-0.4, -0.2) is 6.54 Å². The van der Waals surface area contributed by atoms with Gasteiger partial charge < -0.3 is 5.32 Å². The molecular weight excluding hydrogens is 237 g/mol. The maximum absolute atomic E-state index is 13.1. The highest BCUT2D eigenvalue weighted by Gasteiger charge is 2.11. The van der Waals surface area contributed by atoms with Gasteiger partial charge in [-0.1, -0.05) is 24.6 Å². The standard InChI is InChI=1S/C14H17ClFN/c1-3-5-6-14(17-9-4-2)11-7-8-13(16)12(15)10-11/h1,7-8,10,14,17H,4-6,9H2,2H3. The molecule has 1 aromatic rings. The predicted molar refractivity (Wildman–Crippen MR) is 70.5 cm³/mol. The second-order valence-corrected chi connectivity index (χ2v) is 4.33. The second kappa shape index (κ2) is 7.32. The van der Waals surface area contributed by atoms with E-state index in [1.807, 2.05) is 0 Å². The van der Waals surface area contributed by atoms with Crippen LogP contribution in [0.3, 0.4) is 0 Å². The SMILES string of the molecule is C#CCCC(NCCC)c1ccc(F)c(Cl)c1. The van der Waals surface area contributed by atoms with Crippen LogP contribution in [0.4, 0.5) is 4.39 Å². The Balaban J connectivity index is 2.80. The Bertz CT molecular complexity index is 398. The molecule has 1 nitrogen and oxygen atoms in total. The summed E-state index contributed by atoms with van der Waals surface area (Å²) in [5.41, 5.74) is 0.986. The quantitative estimate of drug-likeness (QED) is 0.758. The van der Waals surface area contributed by atoms with Crippen LogP contribution in [0.15, 0.2) is 18.2 Å². The van der Waals surface area contributed by atoms with Crippen molar-refractivity contribution in [3.8, 4) is 12.3 Å². The summed E-state index contributed by atoms with van der Waals surface area (Å²) in [5.74, 6) is 2.24. The molecule has 0 amide bonds. The lowest BCUT2D eigenvalue weighted by atomic mass is 10.0. The molecule has 1 rings (SSSR count). The van der Waals surface area contributed by atoms with Gasteiger partial charge in [0.15, 0.2) is 0 Å². The van der Waals surface area contributed by atoms with E-state index in [9.17, 15) is 4.39 Å². The molecule has 0 spiro atoms. The Kier molecular flexibility index (Phi) is 6.04. The van der Waals surface area contributed by atoms with E-state index >= 15 is 0 Å². The van der Waals surface area contributed by atoms with Crippen molar-refractivity contribution in [2.45, 2.75) is 32.2 Å². The number of nitrogens with one attached hydrogen (secondary N) is 1. The second-order valence-electron chi connectivity index (χ2n) is 3.92. The van der Waals surface area contributed by atoms with Gasteiger partial charge in [0.1, 0.15) is 5.82 Å². The lowest BCUT2D eigenvalue weighted by molar-refractivity contribution is 0.504. The normalized spacial score (nSPS) is 12.1. The van der Waals surface area contributed by atoms with Crippen molar-refractivity contribution in [3.63, 3.8) is 0 Å². The van der Waals surface area contributed by atoms with E-state index in [-0.39, 0.29) is 16.9 Å². The van der Waals surface area contributed by atoms with Gasteiger partial charge in [-0.25, -0.2) is 4.39 Å². The van der Waals surface area contributed by atoms with Crippen LogP contribution < -0.4 is 5.32 Å². The fraction of sp³-hybridized carbons (Fsp3) is 0.429. The minimum absolute atomic E-state index is 0.143. The summed E-state index contributed by atoms with van der Waals surface area (Å²) >= 11 is 5.78. The van der Waals surface area contributed by atoms with Crippen LogP contribution in [0.5, 0.6) is 0 Å². The first kappa shape index (κ1) is 14.0. The van der Waals surface area contributed by atoms with Crippen molar-refractivity contribution in [1.29, 1.82) is 0 Å². The Hall–Kier alpha value is -1.04. The monoisotopic (exact) mass is 253 g/mol. The fourth-order valence-corrected chi connectivity index (χ4v) is 1.85. The molecule has 0 radical (unpaired) electrons. The molecule has 0 saturated carbocycles. The maximum atomic E-state index is 13.1. The zero-order valence-electron chi connectivity index (χ0n) is 9.97. The van der Waals surface area contributed by atoms with Crippen molar-refractivity contribution >= 4 is 11.6 Å². The van der Waals surface area contributed by atoms with Crippen molar-refractivity contribution < 1.29 is 4.39 Å². The summed E-state index contributed by atoms with van der Waals surface area (Å²) in [4.78, 5) is 0. The van der Waals surface area contributed by atoms with Crippen LogP contribution in [0, 0.1) is 18.2 Å². The molecule has 1 N–H and O–H groups in total. The Morgan fingerprint density at radius 2 is 2.29 bits per heavy atom. The van der Waals surface area contributed by atoms with E-state index < -0.39 is 0 Å². The summed E-state index contributed by atoms with van der Waals surface area (Å²) in [6.45, 7) is 3.01. The summed E-state index contributed by atoms with van der Waals surface area (Å²) in [5, 5.41) is 3.55. The van der Waals surface area contributed by atoms with Gasteiger partial charge in [0.05, 0.1) is 5.02 Å². The van der Waals surface area contributed by atoms with E-state index in [1.165, 1.54) is 6.07 Å². The fourth-order valence-electron chi connectivity index (χ4n) is 1.66. The minimum Gasteiger partial charge on any atom is -0.310 e. The maximum Gasteiger partial charge on any atom is 0.141 e. The van der Waals surface area contributed by atoms with Crippen LogP contribution in [-0.2, 0) is 0 Å². The first-order valence-electron chi connectivity index (χ1n) is 5.80. The van der Waals surface area contributed by atoms with Crippen LogP contribution in [0.25, 0.3) is 0 Å². The van der Waals surface area contributed by atoms with Crippen LogP contribution >= 0.6 is 11.6 Å². The van der Waals surface area contributed by atoms with Gasteiger partial charge in [-0.2, -0.15) is 0 Å². The van der Waals surface area contributed by atoms with Crippen molar-refractivity contribution in [3.05, 3.63) is 34.6 Å². The number of hydrogen-bond acceptors (Lipinski definition) is 1. The van der Waals surface area contributed by atoms with Gasteiger partial charge >= 0.3 is 0 Å². The van der Waals surface area contributed by atoms with E-state index in [0.29, 0.717) is 6.42 Å². The highest BCUT2D eigenvalue weighted by molar-refractivity contribution is 6.30. The van der Waals surface area contributed by atoms with Gasteiger partial charge in [0.25, 0.3) is 0 Å². The Labute approximate surface area is 107 Å². The summed E-state index contributed by atoms with van der Waals surface area (Å²) < 4.78 is 13.1. The molecule has 17 heavy (non-hydrogen) atoms. The number of terminal acetylenes is 1. The number of hydrogen-bond donors (Lipinski definition) is 1. The van der Waals surface area contributed by atoms with Crippen molar-refractivity contribution in [2.24, 2.45) is 0 Å². The first-order valence-corrected chi connectivity index (χ1v) is 6.18. The average Bonchev–Trinajstić information content (AvgIpc) is 2.33. The van der Waals surface area contributed by atoms with Gasteiger partial charge in [0, 0.05) is 12.5 Å². The Morgan fingerprint density at radius 1 is 1.53 bits per heavy atom. The molecule has 0 aliphatic carbocycles. The molecule has 0 fully saturated rings. The zero-order chi connectivity index (χ0) is 12.7. The topological polar surface area (TPSA) is 12.0 Å². The van der Waals surface area contributed by atoms with Gasteiger partial charge in [-0.05, 0) is 37.1 Å². The van der Waals surface area contributed by atoms with E-state index in [0.717, 1.165) is 24.9 Å². The molecule has 3 heteroatoms. The van der Waals surface area contributed by atoms with Gasteiger partial charge in [-0.3, -0.25) is 0 Å². The lowest BCUT2D eigenvalue weighted by Crippen LogP contribution is -2.22. The molecule has 0 saturated heterocycles. The van der Waals surface area contributed by atoms with E-state index in [1.54, 1.807) is 12.1 Å². The molecule has 92 valence electrons. The van der Waals surface area contributed by atoms with Gasteiger partial charge in [0.2, 0.25) is 0 Å². The molecular formula is C14H17ClFN. The first-order chi connectivity index (χ1) is 8.19. The largest absolute Gasteiger partial charge is 0.310 e. The molecule has 0 heterocycles. The molecule has 0 bridgehead atoms. The molecule has 1 atom stereocenters. The van der Waals surface area contributed by atoms with Crippen LogP contribution in [0.1, 0.15) is 37.8 Å². The molecule has 0 aromatic heterocycles. The predicted octanol–water partition coefficient (Wildman–Crippen LogP) is 3.93. The summed E-state index contributed by atoms with van der Waals surface area (Å²) in [7, 11) is 0. The summed E-state index contributed by atoms with van der Waals surface area (Å²) in [6.07, 6.45) is 7.84. The number of halogens is 2. The molecule has 1 aromatic carbocycles. The average molecular weight is 254 g/mol. The number of rotatable bonds is 6. The third kappa shape index (κ3) is 4.38. The third-order valence-corrected chi connectivity index (χ3v) is 2.85. The Morgan fingerprint density at radius 3 is 2.88 bits per heavy atom. The van der Waals surface area contributed by atoms with Crippen molar-refractivity contribution in [1.82, 2.24) is 5.32 Å². The highest BCUT2D eigenvalue weighted by atomic mass is 35.5. The third-order valence-electron chi connectivity index (χ3n) is 2.56.